The maximum atomic E-state index is 10.5. The van der Waals surface area contributed by atoms with Crippen molar-refractivity contribution in [1.82, 2.24) is 9.59 Å². The summed E-state index contributed by atoms with van der Waals surface area (Å²) in [6.45, 7) is 6.52. The monoisotopic (exact) mass is 254 g/mol. The Bertz CT molecular complexity index is 356. The van der Waals surface area contributed by atoms with Crippen LogP contribution in [0.5, 0.6) is 0 Å². The van der Waals surface area contributed by atoms with Gasteiger partial charge in [0.2, 0.25) is 0 Å². The zero-order valence-electron chi connectivity index (χ0n) is 10.9. The maximum Gasteiger partial charge on any atom is 0.0945 e. The molecule has 1 saturated carbocycles. The minimum Gasteiger partial charge on any atom is -0.387 e. The first-order valence-electron chi connectivity index (χ1n) is 6.59. The standard InChI is InChI=1S/C13H22N2OS/c1-8(2)11-13(17-15-14-11)12(16)10-6-4-9(3)5-7-10/h8-10,12,16H,4-7H2,1-3H3. The van der Waals surface area contributed by atoms with Gasteiger partial charge in [0.25, 0.3) is 0 Å². The third kappa shape index (κ3) is 2.86. The van der Waals surface area contributed by atoms with Gasteiger partial charge in [0, 0.05) is 0 Å². The van der Waals surface area contributed by atoms with Crippen molar-refractivity contribution in [3.05, 3.63) is 10.6 Å². The molecule has 0 aromatic carbocycles. The molecule has 1 atom stereocenters. The lowest BCUT2D eigenvalue weighted by Gasteiger charge is -2.29. The smallest absolute Gasteiger partial charge is 0.0945 e. The van der Waals surface area contributed by atoms with Gasteiger partial charge in [0.15, 0.2) is 0 Å². The minimum atomic E-state index is -0.347. The highest BCUT2D eigenvalue weighted by Gasteiger charge is 2.29. The molecule has 2 rings (SSSR count). The summed E-state index contributed by atoms with van der Waals surface area (Å²) in [6, 6.07) is 0. The summed E-state index contributed by atoms with van der Waals surface area (Å²) < 4.78 is 4.01. The van der Waals surface area contributed by atoms with Crippen LogP contribution in [0.3, 0.4) is 0 Å². The van der Waals surface area contributed by atoms with E-state index in [0.29, 0.717) is 11.8 Å². The summed E-state index contributed by atoms with van der Waals surface area (Å²) in [5, 5.41) is 14.6. The molecule has 96 valence electrons. The van der Waals surface area contributed by atoms with E-state index in [1.807, 2.05) is 0 Å². The van der Waals surface area contributed by atoms with Gasteiger partial charge < -0.3 is 5.11 Å². The van der Waals surface area contributed by atoms with Crippen molar-refractivity contribution in [2.24, 2.45) is 11.8 Å². The zero-order valence-corrected chi connectivity index (χ0v) is 11.7. The summed E-state index contributed by atoms with van der Waals surface area (Å²) in [5.74, 6) is 1.58. The fraction of sp³-hybridized carbons (Fsp3) is 0.846. The normalized spacial score (nSPS) is 27.4. The Morgan fingerprint density at radius 2 is 1.88 bits per heavy atom. The third-order valence-electron chi connectivity index (χ3n) is 3.86. The van der Waals surface area contributed by atoms with Crippen molar-refractivity contribution in [1.29, 1.82) is 0 Å². The summed E-state index contributed by atoms with van der Waals surface area (Å²) in [5.41, 5.74) is 0.987. The maximum absolute atomic E-state index is 10.5. The predicted molar refractivity (Wildman–Crippen MR) is 70.1 cm³/mol. The molecule has 1 aromatic rings. The average molecular weight is 254 g/mol. The second kappa shape index (κ2) is 5.44. The summed E-state index contributed by atoms with van der Waals surface area (Å²) in [4.78, 5) is 1.000. The largest absolute Gasteiger partial charge is 0.387 e. The molecule has 0 saturated heterocycles. The van der Waals surface area contributed by atoms with Gasteiger partial charge in [-0.05, 0) is 42.1 Å². The Balaban J connectivity index is 2.08. The van der Waals surface area contributed by atoms with Crippen LogP contribution in [0, 0.1) is 11.8 Å². The van der Waals surface area contributed by atoms with Gasteiger partial charge in [0.05, 0.1) is 16.7 Å². The van der Waals surface area contributed by atoms with Crippen molar-refractivity contribution in [2.45, 2.75) is 58.5 Å². The van der Waals surface area contributed by atoms with Crippen LogP contribution >= 0.6 is 11.5 Å². The molecular weight excluding hydrogens is 232 g/mol. The summed E-state index contributed by atoms with van der Waals surface area (Å²) in [7, 11) is 0. The van der Waals surface area contributed by atoms with Crippen molar-refractivity contribution >= 4 is 11.5 Å². The Labute approximate surface area is 107 Å². The fourth-order valence-electron chi connectivity index (χ4n) is 2.63. The number of hydrogen-bond acceptors (Lipinski definition) is 4. The zero-order chi connectivity index (χ0) is 12.4. The van der Waals surface area contributed by atoms with Crippen LogP contribution in [0.2, 0.25) is 0 Å². The number of aromatic nitrogens is 2. The van der Waals surface area contributed by atoms with E-state index in [4.69, 9.17) is 0 Å². The molecule has 17 heavy (non-hydrogen) atoms. The third-order valence-corrected chi connectivity index (χ3v) is 4.67. The topological polar surface area (TPSA) is 46.0 Å². The van der Waals surface area contributed by atoms with Gasteiger partial charge >= 0.3 is 0 Å². The second-order valence-electron chi connectivity index (χ2n) is 5.64. The molecule has 1 N–H and O–H groups in total. The first kappa shape index (κ1) is 13.0. The molecular formula is C13H22N2OS. The van der Waals surface area contributed by atoms with Gasteiger partial charge in [-0.15, -0.1) is 5.10 Å². The molecule has 0 bridgehead atoms. The molecule has 3 nitrogen and oxygen atoms in total. The highest BCUT2D eigenvalue weighted by atomic mass is 32.1. The SMILES string of the molecule is CC1CCC(C(O)c2snnc2C(C)C)CC1. The van der Waals surface area contributed by atoms with Crippen LogP contribution in [0.25, 0.3) is 0 Å². The average Bonchev–Trinajstić information content (AvgIpc) is 2.78. The lowest BCUT2D eigenvalue weighted by Crippen LogP contribution is -2.19. The van der Waals surface area contributed by atoms with E-state index < -0.39 is 0 Å². The molecule has 1 aromatic heterocycles. The number of hydrogen-bond donors (Lipinski definition) is 1. The van der Waals surface area contributed by atoms with Gasteiger partial charge in [-0.2, -0.15) is 0 Å². The van der Waals surface area contributed by atoms with E-state index in [9.17, 15) is 5.11 Å². The van der Waals surface area contributed by atoms with Gasteiger partial charge in [-0.25, -0.2) is 0 Å². The molecule has 0 radical (unpaired) electrons. The molecule has 1 aliphatic rings. The number of aliphatic hydroxyl groups excluding tert-OH is 1. The Hall–Kier alpha value is -0.480. The molecule has 1 aliphatic carbocycles. The van der Waals surface area contributed by atoms with E-state index >= 15 is 0 Å². The van der Waals surface area contributed by atoms with E-state index in [2.05, 4.69) is 30.4 Å². The van der Waals surface area contributed by atoms with Gasteiger partial charge in [0.1, 0.15) is 0 Å². The quantitative estimate of drug-likeness (QED) is 0.897. The second-order valence-corrected chi connectivity index (χ2v) is 6.43. The highest BCUT2D eigenvalue weighted by molar-refractivity contribution is 7.05. The number of rotatable bonds is 3. The van der Waals surface area contributed by atoms with E-state index in [0.717, 1.165) is 29.3 Å². The van der Waals surface area contributed by atoms with E-state index in [1.54, 1.807) is 0 Å². The van der Waals surface area contributed by atoms with Crippen LogP contribution in [0.15, 0.2) is 0 Å². The van der Waals surface area contributed by atoms with Crippen molar-refractivity contribution < 1.29 is 5.11 Å². The van der Waals surface area contributed by atoms with E-state index in [-0.39, 0.29) is 6.10 Å². The first-order valence-corrected chi connectivity index (χ1v) is 7.37. The Morgan fingerprint density at radius 1 is 1.24 bits per heavy atom. The molecule has 0 aliphatic heterocycles. The van der Waals surface area contributed by atoms with Crippen LogP contribution < -0.4 is 0 Å². The van der Waals surface area contributed by atoms with Crippen molar-refractivity contribution in [3.63, 3.8) is 0 Å². The predicted octanol–water partition coefficient (Wildman–Crippen LogP) is 3.52. The molecule has 1 unspecified atom stereocenters. The first-order chi connectivity index (χ1) is 8.09. The molecule has 0 spiro atoms. The van der Waals surface area contributed by atoms with Crippen LogP contribution in [-0.2, 0) is 0 Å². The lowest BCUT2D eigenvalue weighted by molar-refractivity contribution is 0.0773. The Morgan fingerprint density at radius 3 is 2.47 bits per heavy atom. The summed E-state index contributed by atoms with van der Waals surface area (Å²) in [6.07, 6.45) is 4.41. The highest BCUT2D eigenvalue weighted by Crippen LogP contribution is 2.39. The molecule has 0 amide bonds. The van der Waals surface area contributed by atoms with E-state index in [1.165, 1.54) is 24.4 Å². The van der Waals surface area contributed by atoms with Crippen LogP contribution in [-0.4, -0.2) is 14.7 Å². The Kier molecular flexibility index (Phi) is 4.15. The molecule has 1 heterocycles. The molecule has 1 fully saturated rings. The fourth-order valence-corrected chi connectivity index (χ4v) is 3.51. The van der Waals surface area contributed by atoms with Gasteiger partial charge in [-0.3, -0.25) is 0 Å². The van der Waals surface area contributed by atoms with Gasteiger partial charge in [-0.1, -0.05) is 38.1 Å². The molecule has 4 heteroatoms. The summed E-state index contributed by atoms with van der Waals surface area (Å²) >= 11 is 1.37. The van der Waals surface area contributed by atoms with Crippen molar-refractivity contribution in [2.75, 3.05) is 0 Å². The lowest BCUT2D eigenvalue weighted by atomic mass is 9.79. The number of aliphatic hydroxyl groups is 1. The van der Waals surface area contributed by atoms with Crippen LogP contribution in [0.1, 0.15) is 69.0 Å². The number of nitrogens with zero attached hydrogens (tertiary/aromatic N) is 2. The van der Waals surface area contributed by atoms with Crippen molar-refractivity contribution in [3.8, 4) is 0 Å². The minimum absolute atomic E-state index is 0.347. The van der Waals surface area contributed by atoms with Crippen LogP contribution in [0.4, 0.5) is 0 Å².